The van der Waals surface area contributed by atoms with Gasteiger partial charge in [-0.1, -0.05) is 59.6 Å². The summed E-state index contributed by atoms with van der Waals surface area (Å²) in [6.45, 7) is 1.95. The molecule has 0 saturated carbocycles. The van der Waals surface area contributed by atoms with Crippen molar-refractivity contribution in [3.63, 3.8) is 0 Å². The molecule has 0 aromatic heterocycles. The molecule has 1 amide bonds. The van der Waals surface area contributed by atoms with Gasteiger partial charge in [0.05, 0.1) is 17.7 Å². The van der Waals surface area contributed by atoms with Gasteiger partial charge in [-0.2, -0.15) is 15.1 Å². The fourth-order valence-electron chi connectivity index (χ4n) is 3.70. The van der Waals surface area contributed by atoms with Crippen molar-refractivity contribution in [1.82, 2.24) is 5.01 Å². The Labute approximate surface area is 221 Å². The molecule has 186 valence electrons. The maximum Gasteiger partial charge on any atom is 0.283 e. The largest absolute Gasteiger partial charge is 0.493 e. The fourth-order valence-corrected chi connectivity index (χ4v) is 4.87. The minimum absolute atomic E-state index is 0.0439. The number of benzene rings is 3. The number of hydrazone groups is 1. The molecule has 2 heterocycles. The van der Waals surface area contributed by atoms with Gasteiger partial charge in [-0.3, -0.25) is 10.2 Å². The highest BCUT2D eigenvalue weighted by Crippen LogP contribution is 2.38. The minimum atomic E-state index is -0.556. The Hall–Kier alpha value is -3.95. The van der Waals surface area contributed by atoms with Crippen LogP contribution < -0.4 is 9.47 Å². The number of hydrogen-bond donors (Lipinski definition) is 1. The molecule has 3 aromatic rings. The summed E-state index contributed by atoms with van der Waals surface area (Å²) in [5.74, 6) is -0.505. The predicted octanol–water partition coefficient (Wildman–Crippen LogP) is 6.04. The third-order valence-corrected chi connectivity index (χ3v) is 6.88. The molecule has 0 aliphatic carbocycles. The highest BCUT2D eigenvalue weighted by atomic mass is 35.5. The monoisotopic (exact) mass is 534 g/mol. The summed E-state index contributed by atoms with van der Waals surface area (Å²) in [5.41, 5.74) is 2.92. The van der Waals surface area contributed by atoms with E-state index in [0.29, 0.717) is 27.1 Å². The summed E-state index contributed by atoms with van der Waals surface area (Å²) in [4.78, 5) is 17.0. The lowest BCUT2D eigenvalue weighted by Crippen LogP contribution is -2.35. The first-order chi connectivity index (χ1) is 17.8. The Morgan fingerprint density at radius 1 is 1.16 bits per heavy atom. The maximum absolute atomic E-state index is 14.0. The van der Waals surface area contributed by atoms with Gasteiger partial charge < -0.3 is 9.47 Å². The summed E-state index contributed by atoms with van der Waals surface area (Å²) in [6.07, 6.45) is 1.50. The van der Waals surface area contributed by atoms with Crippen LogP contribution in [0.1, 0.15) is 22.3 Å². The smallest absolute Gasteiger partial charge is 0.283 e. The van der Waals surface area contributed by atoms with Crippen LogP contribution in [0.2, 0.25) is 5.02 Å². The molecule has 0 fully saturated rings. The van der Waals surface area contributed by atoms with Crippen molar-refractivity contribution >= 4 is 51.4 Å². The Morgan fingerprint density at radius 3 is 2.65 bits per heavy atom. The third kappa shape index (κ3) is 5.00. The van der Waals surface area contributed by atoms with Crippen LogP contribution in [-0.4, -0.2) is 34.1 Å². The number of ether oxygens (including phenoxy) is 2. The molecule has 2 aliphatic heterocycles. The molecule has 3 aromatic carbocycles. The molecule has 0 radical (unpaired) electrons. The first-order valence-corrected chi connectivity index (χ1v) is 12.3. The van der Waals surface area contributed by atoms with E-state index in [4.69, 9.17) is 26.5 Å². The van der Waals surface area contributed by atoms with Gasteiger partial charge in [0.25, 0.3) is 5.91 Å². The van der Waals surface area contributed by atoms with E-state index in [0.717, 1.165) is 11.1 Å². The quantitative estimate of drug-likeness (QED) is 0.389. The van der Waals surface area contributed by atoms with E-state index in [1.807, 2.05) is 31.2 Å². The lowest BCUT2D eigenvalue weighted by molar-refractivity contribution is -0.114. The number of rotatable bonds is 6. The third-order valence-electron chi connectivity index (χ3n) is 5.65. The molecular formula is C27H20ClFN4O3S. The lowest BCUT2D eigenvalue weighted by atomic mass is 10.1. The summed E-state index contributed by atoms with van der Waals surface area (Å²) < 4.78 is 25.2. The number of amidine groups is 2. The van der Waals surface area contributed by atoms with Crippen LogP contribution in [0.5, 0.6) is 11.5 Å². The summed E-state index contributed by atoms with van der Waals surface area (Å²) >= 11 is 7.70. The molecule has 0 atom stereocenters. The van der Waals surface area contributed by atoms with E-state index in [1.54, 1.807) is 30.3 Å². The van der Waals surface area contributed by atoms with Crippen molar-refractivity contribution in [1.29, 1.82) is 5.41 Å². The number of carbonyl (C=O) groups excluding carboxylic acids is 1. The topological polar surface area (TPSA) is 87.3 Å². The number of aliphatic imine (C=N–C) groups is 1. The zero-order valence-corrected chi connectivity index (χ0v) is 21.4. The number of fused-ring (bicyclic) bond motifs is 1. The molecule has 0 spiro atoms. The average Bonchev–Trinajstić information content (AvgIpc) is 3.31. The molecule has 2 aliphatic rings. The van der Waals surface area contributed by atoms with Gasteiger partial charge in [0.1, 0.15) is 17.5 Å². The van der Waals surface area contributed by atoms with Gasteiger partial charge in [-0.15, -0.1) is 0 Å². The Balaban J connectivity index is 1.41. The number of nitrogens with zero attached hydrogens (tertiary/aromatic N) is 3. The van der Waals surface area contributed by atoms with Gasteiger partial charge in [0.15, 0.2) is 17.3 Å². The van der Waals surface area contributed by atoms with Crippen LogP contribution in [0.4, 0.5) is 4.39 Å². The maximum atomic E-state index is 14.0. The van der Waals surface area contributed by atoms with Crippen molar-refractivity contribution < 1.29 is 18.7 Å². The second-order valence-corrected chi connectivity index (χ2v) is 9.57. The standard InChI is InChI=1S/C27H20ClFN4O3S/c1-15-7-9-17(10-8-15)26-32-33-24(30)19(25(34)31-27(33)37-26)11-16-12-20(28)23(22(13-16)35-2)36-14-18-5-3-4-6-21(18)29/h3-13,30H,14H2,1-2H3/b19-11+,30-24?. The van der Waals surface area contributed by atoms with E-state index < -0.39 is 5.91 Å². The van der Waals surface area contributed by atoms with Gasteiger partial charge in [0, 0.05) is 11.1 Å². The van der Waals surface area contributed by atoms with Gasteiger partial charge in [-0.25, -0.2) is 4.39 Å². The van der Waals surface area contributed by atoms with Crippen LogP contribution in [0.25, 0.3) is 6.08 Å². The molecule has 0 saturated heterocycles. The Morgan fingerprint density at radius 2 is 1.92 bits per heavy atom. The van der Waals surface area contributed by atoms with Gasteiger partial charge >= 0.3 is 0 Å². The number of nitrogens with one attached hydrogen (secondary N) is 1. The van der Waals surface area contributed by atoms with E-state index in [-0.39, 0.29) is 34.6 Å². The van der Waals surface area contributed by atoms with Crippen molar-refractivity contribution in [3.05, 3.63) is 99.3 Å². The van der Waals surface area contributed by atoms with E-state index >= 15 is 0 Å². The number of methoxy groups -OCH3 is 1. The van der Waals surface area contributed by atoms with Crippen LogP contribution >= 0.6 is 23.4 Å². The normalized spacial score (nSPS) is 16.0. The SMILES string of the molecule is COc1cc(/C=C2\C(=N)N3N=C(c4ccc(C)cc4)SC3=NC2=O)cc(Cl)c1OCc1ccccc1F. The second kappa shape index (κ2) is 10.2. The van der Waals surface area contributed by atoms with Crippen LogP contribution in [-0.2, 0) is 11.4 Å². The molecular weight excluding hydrogens is 515 g/mol. The fraction of sp³-hybridized carbons (Fsp3) is 0.111. The highest BCUT2D eigenvalue weighted by molar-refractivity contribution is 8.27. The Bertz CT molecular complexity index is 1520. The lowest BCUT2D eigenvalue weighted by Gasteiger charge is -2.20. The van der Waals surface area contributed by atoms with E-state index in [2.05, 4.69) is 10.1 Å². The number of hydrogen-bond acceptors (Lipinski definition) is 6. The molecule has 1 N–H and O–H groups in total. The number of halogens is 2. The molecule has 37 heavy (non-hydrogen) atoms. The minimum Gasteiger partial charge on any atom is -0.493 e. The average molecular weight is 535 g/mol. The zero-order valence-electron chi connectivity index (χ0n) is 19.8. The van der Waals surface area contributed by atoms with E-state index in [9.17, 15) is 9.18 Å². The summed E-state index contributed by atoms with van der Waals surface area (Å²) in [5, 5.41) is 15.7. The molecule has 5 rings (SSSR count). The highest BCUT2D eigenvalue weighted by Gasteiger charge is 2.36. The number of amides is 1. The molecule has 0 unspecified atom stereocenters. The number of carbonyl (C=O) groups is 1. The molecule has 7 nitrogen and oxygen atoms in total. The number of thioether (sulfide) groups is 1. The first-order valence-electron chi connectivity index (χ1n) is 11.1. The second-order valence-electron chi connectivity index (χ2n) is 8.21. The van der Waals surface area contributed by atoms with Crippen molar-refractivity contribution in [2.24, 2.45) is 10.1 Å². The van der Waals surface area contributed by atoms with Crippen molar-refractivity contribution in [2.75, 3.05) is 7.11 Å². The van der Waals surface area contributed by atoms with Crippen molar-refractivity contribution in [2.45, 2.75) is 13.5 Å². The van der Waals surface area contributed by atoms with Gasteiger partial charge in [0.2, 0.25) is 5.17 Å². The Kier molecular flexibility index (Phi) is 6.82. The number of aryl methyl sites for hydroxylation is 1. The van der Waals surface area contributed by atoms with Crippen LogP contribution in [0.15, 0.2) is 76.3 Å². The predicted molar refractivity (Wildman–Crippen MR) is 144 cm³/mol. The van der Waals surface area contributed by atoms with Gasteiger partial charge in [-0.05, 0) is 48.5 Å². The molecule has 0 bridgehead atoms. The summed E-state index contributed by atoms with van der Waals surface area (Å²) in [7, 11) is 1.45. The van der Waals surface area contributed by atoms with E-state index in [1.165, 1.54) is 36.0 Å². The van der Waals surface area contributed by atoms with Crippen molar-refractivity contribution in [3.8, 4) is 11.5 Å². The van der Waals surface area contributed by atoms with Crippen LogP contribution in [0, 0.1) is 18.2 Å². The zero-order chi connectivity index (χ0) is 26.1. The summed E-state index contributed by atoms with van der Waals surface area (Å²) in [6, 6.07) is 17.3. The molecule has 10 heteroatoms. The van der Waals surface area contributed by atoms with Crippen LogP contribution in [0.3, 0.4) is 0 Å². The first kappa shape index (κ1) is 24.7.